The van der Waals surface area contributed by atoms with Crippen molar-refractivity contribution in [2.75, 3.05) is 13.2 Å². The molecule has 0 saturated carbocycles. The zero-order valence-electron chi connectivity index (χ0n) is 10.3. The van der Waals surface area contributed by atoms with Crippen LogP contribution in [0.15, 0.2) is 18.2 Å². The van der Waals surface area contributed by atoms with Crippen LogP contribution in [0.2, 0.25) is 0 Å². The van der Waals surface area contributed by atoms with Crippen molar-refractivity contribution < 1.29 is 14.1 Å². The maximum Gasteiger partial charge on any atom is 0.274 e. The maximum absolute atomic E-state index is 13.2. The van der Waals surface area contributed by atoms with E-state index in [9.17, 15) is 14.5 Å². The van der Waals surface area contributed by atoms with Gasteiger partial charge in [0, 0.05) is 30.9 Å². The minimum Gasteiger partial charge on any atom is -0.381 e. The molecule has 106 valence electrons. The van der Waals surface area contributed by atoms with E-state index in [-0.39, 0.29) is 29.6 Å². The van der Waals surface area contributed by atoms with E-state index in [0.717, 1.165) is 25.0 Å². The second-order valence-corrected chi connectivity index (χ2v) is 4.44. The van der Waals surface area contributed by atoms with Crippen LogP contribution in [0.4, 0.5) is 10.1 Å². The maximum atomic E-state index is 13.2. The highest BCUT2D eigenvalue weighted by Crippen LogP contribution is 2.33. The van der Waals surface area contributed by atoms with Crippen LogP contribution in [0.5, 0.6) is 0 Å². The average Bonchev–Trinajstić information content (AvgIpc) is 2.38. The topological polar surface area (TPSA) is 78.4 Å². The predicted octanol–water partition coefficient (Wildman–Crippen LogP) is 2.58. The van der Waals surface area contributed by atoms with E-state index in [1.807, 2.05) is 0 Å². The third-order valence-corrected chi connectivity index (χ3v) is 3.32. The van der Waals surface area contributed by atoms with Crippen molar-refractivity contribution in [3.8, 4) is 0 Å². The van der Waals surface area contributed by atoms with E-state index >= 15 is 0 Å². The first-order chi connectivity index (χ1) is 8.59. The molecule has 1 aromatic rings. The fraction of sp³-hybridized carbons (Fsp3) is 0.500. The van der Waals surface area contributed by atoms with Crippen LogP contribution in [0, 0.1) is 21.8 Å². The molecule has 7 heteroatoms. The van der Waals surface area contributed by atoms with Gasteiger partial charge in [0.1, 0.15) is 5.82 Å². The molecule has 2 N–H and O–H groups in total. The van der Waals surface area contributed by atoms with Crippen molar-refractivity contribution in [1.29, 1.82) is 0 Å². The summed E-state index contributed by atoms with van der Waals surface area (Å²) < 4.78 is 18.5. The van der Waals surface area contributed by atoms with Crippen molar-refractivity contribution in [3.05, 3.63) is 39.7 Å². The minimum absolute atomic E-state index is 0. The first-order valence-corrected chi connectivity index (χ1v) is 5.86. The zero-order chi connectivity index (χ0) is 13.1. The molecule has 5 nitrogen and oxygen atoms in total. The lowest BCUT2D eigenvalue weighted by molar-refractivity contribution is -0.385. The molecule has 0 amide bonds. The number of nitro groups is 1. The molecule has 0 spiro atoms. The Hall–Kier alpha value is -1.24. The largest absolute Gasteiger partial charge is 0.381 e. The lowest BCUT2D eigenvalue weighted by Gasteiger charge is -2.27. The molecule has 1 fully saturated rings. The Bertz CT molecular complexity index is 453. The first kappa shape index (κ1) is 15.8. The van der Waals surface area contributed by atoms with Gasteiger partial charge in [0.2, 0.25) is 0 Å². The van der Waals surface area contributed by atoms with E-state index < -0.39 is 16.8 Å². The van der Waals surface area contributed by atoms with Gasteiger partial charge in [-0.2, -0.15) is 0 Å². The molecule has 1 aliphatic heterocycles. The van der Waals surface area contributed by atoms with E-state index in [1.165, 1.54) is 6.07 Å². The highest BCUT2D eigenvalue weighted by atomic mass is 35.5. The van der Waals surface area contributed by atoms with Gasteiger partial charge in [-0.25, -0.2) is 4.39 Å². The number of nitrogens with two attached hydrogens (primary N) is 1. The van der Waals surface area contributed by atoms with E-state index in [0.29, 0.717) is 13.2 Å². The summed E-state index contributed by atoms with van der Waals surface area (Å²) in [5.74, 6) is -0.405. The predicted molar refractivity (Wildman–Crippen MR) is 70.8 cm³/mol. The molecule has 1 heterocycles. The van der Waals surface area contributed by atoms with Gasteiger partial charge in [-0.15, -0.1) is 12.4 Å². The van der Waals surface area contributed by atoms with E-state index in [4.69, 9.17) is 10.5 Å². The summed E-state index contributed by atoms with van der Waals surface area (Å²) >= 11 is 0. The summed E-state index contributed by atoms with van der Waals surface area (Å²) in [5.41, 5.74) is 6.21. The van der Waals surface area contributed by atoms with Gasteiger partial charge in [0.15, 0.2) is 0 Å². The Labute approximate surface area is 116 Å². The second kappa shape index (κ2) is 6.79. The molecule has 1 atom stereocenters. The monoisotopic (exact) mass is 290 g/mol. The van der Waals surface area contributed by atoms with Crippen LogP contribution in [-0.4, -0.2) is 18.1 Å². The summed E-state index contributed by atoms with van der Waals surface area (Å²) in [6.07, 6.45) is 1.49. The Kier molecular flexibility index (Phi) is 5.65. The minimum atomic E-state index is -0.523. The molecular weight excluding hydrogens is 275 g/mol. The number of rotatable bonds is 3. The van der Waals surface area contributed by atoms with Crippen molar-refractivity contribution in [1.82, 2.24) is 0 Å². The molecular formula is C12H16ClFN2O3. The zero-order valence-corrected chi connectivity index (χ0v) is 11.1. The van der Waals surface area contributed by atoms with Crippen LogP contribution in [0.25, 0.3) is 0 Å². The first-order valence-electron chi connectivity index (χ1n) is 5.86. The van der Waals surface area contributed by atoms with Gasteiger partial charge in [0.25, 0.3) is 5.69 Å². The van der Waals surface area contributed by atoms with Crippen LogP contribution >= 0.6 is 12.4 Å². The van der Waals surface area contributed by atoms with Crippen LogP contribution < -0.4 is 5.73 Å². The van der Waals surface area contributed by atoms with Crippen molar-refractivity contribution >= 4 is 18.1 Å². The Balaban J connectivity index is 0.00000180. The molecule has 2 rings (SSSR count). The number of hydrogen-bond acceptors (Lipinski definition) is 4. The highest BCUT2D eigenvalue weighted by Gasteiger charge is 2.28. The summed E-state index contributed by atoms with van der Waals surface area (Å²) in [6, 6.07) is 2.89. The average molecular weight is 291 g/mol. The third-order valence-electron chi connectivity index (χ3n) is 3.32. The lowest BCUT2D eigenvalue weighted by atomic mass is 9.87. The number of hydrogen-bond donors (Lipinski definition) is 1. The summed E-state index contributed by atoms with van der Waals surface area (Å²) in [5, 5.41) is 10.9. The third kappa shape index (κ3) is 3.62. The van der Waals surface area contributed by atoms with Crippen LogP contribution in [-0.2, 0) is 4.74 Å². The van der Waals surface area contributed by atoms with Crippen molar-refractivity contribution in [2.45, 2.75) is 18.9 Å². The molecule has 0 unspecified atom stereocenters. The smallest absolute Gasteiger partial charge is 0.274 e. The molecule has 1 aliphatic rings. The molecule has 0 aromatic heterocycles. The van der Waals surface area contributed by atoms with Gasteiger partial charge in [-0.3, -0.25) is 10.1 Å². The quantitative estimate of drug-likeness (QED) is 0.685. The van der Waals surface area contributed by atoms with Gasteiger partial charge < -0.3 is 10.5 Å². The Morgan fingerprint density at radius 2 is 2.05 bits per heavy atom. The second-order valence-electron chi connectivity index (χ2n) is 4.44. The molecule has 0 aliphatic carbocycles. The fourth-order valence-electron chi connectivity index (χ4n) is 2.29. The standard InChI is InChI=1S/C12H15FN2O3.ClH/c13-9-1-2-11(15(16)17)10(7-9)12(14)8-3-5-18-6-4-8;/h1-2,7-8,12H,3-6,14H2;1H/t12-;/m1./s1. The Morgan fingerprint density at radius 3 is 2.63 bits per heavy atom. The molecule has 0 bridgehead atoms. The normalized spacial score (nSPS) is 17.6. The van der Waals surface area contributed by atoms with Crippen molar-refractivity contribution in [3.63, 3.8) is 0 Å². The van der Waals surface area contributed by atoms with E-state index in [1.54, 1.807) is 0 Å². The van der Waals surface area contributed by atoms with Gasteiger partial charge >= 0.3 is 0 Å². The number of ether oxygens (including phenoxy) is 1. The molecule has 19 heavy (non-hydrogen) atoms. The van der Waals surface area contributed by atoms with Crippen LogP contribution in [0.3, 0.4) is 0 Å². The summed E-state index contributed by atoms with van der Waals surface area (Å²) in [6.45, 7) is 1.20. The molecule has 1 aromatic carbocycles. The van der Waals surface area contributed by atoms with Gasteiger partial charge in [-0.05, 0) is 30.9 Å². The van der Waals surface area contributed by atoms with Crippen molar-refractivity contribution in [2.24, 2.45) is 11.7 Å². The van der Waals surface area contributed by atoms with E-state index in [2.05, 4.69) is 0 Å². The highest BCUT2D eigenvalue weighted by molar-refractivity contribution is 5.85. The van der Waals surface area contributed by atoms with Crippen LogP contribution in [0.1, 0.15) is 24.4 Å². The SMILES string of the molecule is Cl.N[C@@H](c1cc(F)ccc1[N+](=O)[O-])C1CCOCC1. The summed E-state index contributed by atoms with van der Waals surface area (Å²) in [4.78, 5) is 10.4. The molecule has 1 saturated heterocycles. The fourth-order valence-corrected chi connectivity index (χ4v) is 2.29. The summed E-state index contributed by atoms with van der Waals surface area (Å²) in [7, 11) is 0. The Morgan fingerprint density at radius 1 is 1.42 bits per heavy atom. The van der Waals surface area contributed by atoms with Gasteiger partial charge in [0.05, 0.1) is 4.92 Å². The number of halogens is 2. The van der Waals surface area contributed by atoms with Gasteiger partial charge in [-0.1, -0.05) is 0 Å². The number of nitrogens with zero attached hydrogens (tertiary/aromatic N) is 1. The number of nitro benzene ring substituents is 1. The molecule has 0 radical (unpaired) electrons. The number of benzene rings is 1. The lowest BCUT2D eigenvalue weighted by Crippen LogP contribution is -2.28.